The van der Waals surface area contributed by atoms with Crippen LogP contribution >= 0.6 is 27.3 Å². The van der Waals surface area contributed by atoms with Gasteiger partial charge in [-0.15, -0.1) is 11.3 Å². The minimum atomic E-state index is 0.304. The van der Waals surface area contributed by atoms with E-state index in [2.05, 4.69) is 15.9 Å². The molecular weight excluding hydrogens is 264 g/mol. The summed E-state index contributed by atoms with van der Waals surface area (Å²) in [5.41, 5.74) is 0. The SMILES string of the molecule is CCOc1ccc(Br)c2c(O)csc12. The monoisotopic (exact) mass is 272 g/mol. The van der Waals surface area contributed by atoms with E-state index in [1.165, 1.54) is 11.3 Å². The van der Waals surface area contributed by atoms with Crippen LogP contribution < -0.4 is 4.74 Å². The molecule has 0 atom stereocenters. The van der Waals surface area contributed by atoms with E-state index >= 15 is 0 Å². The molecule has 0 spiro atoms. The molecule has 0 fully saturated rings. The van der Waals surface area contributed by atoms with Gasteiger partial charge in [0.15, 0.2) is 0 Å². The Hall–Kier alpha value is -0.740. The summed E-state index contributed by atoms with van der Waals surface area (Å²) in [4.78, 5) is 0. The maximum atomic E-state index is 9.61. The number of thiophene rings is 1. The van der Waals surface area contributed by atoms with Gasteiger partial charge in [0.1, 0.15) is 11.5 Å². The van der Waals surface area contributed by atoms with Crippen molar-refractivity contribution >= 4 is 37.4 Å². The van der Waals surface area contributed by atoms with Crippen LogP contribution in [0.15, 0.2) is 22.0 Å². The lowest BCUT2D eigenvalue weighted by Crippen LogP contribution is -1.90. The highest BCUT2D eigenvalue weighted by Gasteiger charge is 2.11. The second-order valence-corrected chi connectivity index (χ2v) is 4.54. The first kappa shape index (κ1) is 9.80. The predicted octanol–water partition coefficient (Wildman–Crippen LogP) is 3.77. The lowest BCUT2D eigenvalue weighted by atomic mass is 10.2. The first-order chi connectivity index (χ1) is 6.74. The third-order valence-corrected chi connectivity index (χ3v) is 3.56. The first-order valence-corrected chi connectivity index (χ1v) is 5.92. The quantitative estimate of drug-likeness (QED) is 0.902. The van der Waals surface area contributed by atoms with Crippen LogP contribution in [0.2, 0.25) is 0 Å². The molecule has 14 heavy (non-hydrogen) atoms. The van der Waals surface area contributed by atoms with Crippen molar-refractivity contribution in [2.24, 2.45) is 0 Å². The molecule has 0 radical (unpaired) electrons. The molecule has 4 heteroatoms. The molecule has 1 aromatic carbocycles. The Bertz CT molecular complexity index is 464. The molecule has 1 heterocycles. The molecule has 74 valence electrons. The fourth-order valence-electron chi connectivity index (χ4n) is 1.34. The van der Waals surface area contributed by atoms with E-state index in [1.807, 2.05) is 19.1 Å². The van der Waals surface area contributed by atoms with Crippen LogP contribution in [0.5, 0.6) is 11.5 Å². The Morgan fingerprint density at radius 2 is 2.29 bits per heavy atom. The smallest absolute Gasteiger partial charge is 0.137 e. The number of rotatable bonds is 2. The highest BCUT2D eigenvalue weighted by Crippen LogP contribution is 2.41. The van der Waals surface area contributed by atoms with E-state index in [0.717, 1.165) is 20.3 Å². The van der Waals surface area contributed by atoms with Crippen molar-refractivity contribution in [1.82, 2.24) is 0 Å². The maximum absolute atomic E-state index is 9.61. The summed E-state index contributed by atoms with van der Waals surface area (Å²) in [6, 6.07) is 3.80. The molecule has 1 aromatic heterocycles. The predicted molar refractivity (Wildman–Crippen MR) is 62.4 cm³/mol. The van der Waals surface area contributed by atoms with E-state index < -0.39 is 0 Å². The van der Waals surface area contributed by atoms with Gasteiger partial charge in [0.25, 0.3) is 0 Å². The number of hydrogen-bond donors (Lipinski definition) is 1. The molecule has 0 aliphatic carbocycles. The van der Waals surface area contributed by atoms with Crippen LogP contribution in [0.4, 0.5) is 0 Å². The second kappa shape index (κ2) is 3.79. The van der Waals surface area contributed by atoms with Crippen molar-refractivity contribution in [1.29, 1.82) is 0 Å². The van der Waals surface area contributed by atoms with E-state index in [0.29, 0.717) is 12.4 Å². The molecular formula is C10H9BrO2S. The fourth-order valence-corrected chi connectivity index (χ4v) is 2.93. The summed E-state index contributed by atoms with van der Waals surface area (Å²) < 4.78 is 7.35. The first-order valence-electron chi connectivity index (χ1n) is 4.25. The number of hydrogen-bond acceptors (Lipinski definition) is 3. The zero-order chi connectivity index (χ0) is 10.1. The molecule has 0 bridgehead atoms. The average Bonchev–Trinajstić information content (AvgIpc) is 2.54. The van der Waals surface area contributed by atoms with Crippen LogP contribution in [0, 0.1) is 0 Å². The van der Waals surface area contributed by atoms with Crippen molar-refractivity contribution in [3.63, 3.8) is 0 Å². The Morgan fingerprint density at radius 1 is 1.50 bits per heavy atom. The standard InChI is InChI=1S/C10H9BrO2S/c1-2-13-8-4-3-6(11)9-7(12)5-14-10(8)9/h3-5,12H,2H2,1H3. The topological polar surface area (TPSA) is 29.5 Å². The molecule has 2 nitrogen and oxygen atoms in total. The number of halogens is 1. The molecule has 0 aliphatic rings. The Morgan fingerprint density at radius 3 is 3.00 bits per heavy atom. The van der Waals surface area contributed by atoms with Crippen LogP contribution in [0.3, 0.4) is 0 Å². The minimum Gasteiger partial charge on any atom is -0.506 e. The zero-order valence-corrected chi connectivity index (χ0v) is 9.98. The molecule has 1 N–H and O–H groups in total. The minimum absolute atomic E-state index is 0.304. The zero-order valence-electron chi connectivity index (χ0n) is 7.58. The summed E-state index contributed by atoms with van der Waals surface area (Å²) in [5, 5.41) is 12.2. The summed E-state index contributed by atoms with van der Waals surface area (Å²) in [5.74, 6) is 1.13. The Labute approximate surface area is 94.3 Å². The van der Waals surface area contributed by atoms with E-state index in [1.54, 1.807) is 5.38 Å². The molecule has 0 amide bonds. The summed E-state index contributed by atoms with van der Waals surface area (Å²) in [6.45, 7) is 2.58. The normalized spacial score (nSPS) is 10.7. The summed E-state index contributed by atoms with van der Waals surface area (Å²) in [7, 11) is 0. The van der Waals surface area contributed by atoms with Gasteiger partial charge in [-0.25, -0.2) is 0 Å². The molecule has 2 rings (SSSR count). The fraction of sp³-hybridized carbons (Fsp3) is 0.200. The van der Waals surface area contributed by atoms with Gasteiger partial charge in [0.2, 0.25) is 0 Å². The lowest BCUT2D eigenvalue weighted by Gasteiger charge is -2.04. The van der Waals surface area contributed by atoms with Gasteiger partial charge in [-0.1, -0.05) is 0 Å². The number of benzene rings is 1. The van der Waals surface area contributed by atoms with Gasteiger partial charge in [0, 0.05) is 9.85 Å². The average molecular weight is 273 g/mol. The molecule has 0 aliphatic heterocycles. The largest absolute Gasteiger partial charge is 0.506 e. The van der Waals surface area contributed by atoms with Gasteiger partial charge in [0.05, 0.1) is 16.7 Å². The third kappa shape index (κ3) is 1.48. The van der Waals surface area contributed by atoms with Crippen molar-refractivity contribution in [3.8, 4) is 11.5 Å². The molecule has 2 aromatic rings. The summed E-state index contributed by atoms with van der Waals surface area (Å²) in [6.07, 6.45) is 0. The third-order valence-electron chi connectivity index (χ3n) is 1.92. The van der Waals surface area contributed by atoms with Gasteiger partial charge in [-0.3, -0.25) is 0 Å². The van der Waals surface area contributed by atoms with Crippen molar-refractivity contribution in [2.75, 3.05) is 6.61 Å². The van der Waals surface area contributed by atoms with Crippen molar-refractivity contribution < 1.29 is 9.84 Å². The number of fused-ring (bicyclic) bond motifs is 1. The Kier molecular flexibility index (Phi) is 2.65. The van der Waals surface area contributed by atoms with Crippen molar-refractivity contribution in [3.05, 3.63) is 22.0 Å². The molecule has 0 saturated heterocycles. The highest BCUT2D eigenvalue weighted by molar-refractivity contribution is 9.10. The maximum Gasteiger partial charge on any atom is 0.137 e. The Balaban J connectivity index is 2.70. The van der Waals surface area contributed by atoms with Crippen LogP contribution in [0.25, 0.3) is 10.1 Å². The highest BCUT2D eigenvalue weighted by atomic mass is 79.9. The number of ether oxygens (including phenoxy) is 1. The molecule has 0 unspecified atom stereocenters. The van der Waals surface area contributed by atoms with Crippen molar-refractivity contribution in [2.45, 2.75) is 6.92 Å². The summed E-state index contributed by atoms with van der Waals surface area (Å²) >= 11 is 4.89. The van der Waals surface area contributed by atoms with Crippen LogP contribution in [0.1, 0.15) is 6.92 Å². The van der Waals surface area contributed by atoms with E-state index in [9.17, 15) is 5.11 Å². The van der Waals surface area contributed by atoms with Crippen LogP contribution in [-0.4, -0.2) is 11.7 Å². The van der Waals surface area contributed by atoms with Gasteiger partial charge in [-0.2, -0.15) is 0 Å². The van der Waals surface area contributed by atoms with E-state index in [-0.39, 0.29) is 0 Å². The molecule has 0 saturated carbocycles. The van der Waals surface area contributed by atoms with Gasteiger partial charge >= 0.3 is 0 Å². The van der Waals surface area contributed by atoms with Crippen LogP contribution in [-0.2, 0) is 0 Å². The lowest BCUT2D eigenvalue weighted by molar-refractivity contribution is 0.345. The second-order valence-electron chi connectivity index (χ2n) is 2.80. The van der Waals surface area contributed by atoms with Gasteiger partial charge in [-0.05, 0) is 35.0 Å². The van der Waals surface area contributed by atoms with Gasteiger partial charge < -0.3 is 9.84 Å². The van der Waals surface area contributed by atoms with E-state index in [4.69, 9.17) is 4.74 Å². The number of aromatic hydroxyl groups is 1.